The van der Waals surface area contributed by atoms with E-state index in [0.717, 1.165) is 11.3 Å². The number of halogens is 3. The van der Waals surface area contributed by atoms with Gasteiger partial charge in [0.1, 0.15) is 11.9 Å². The molecule has 2 N–H and O–H groups in total. The third kappa shape index (κ3) is 5.09. The second kappa shape index (κ2) is 9.11. The summed E-state index contributed by atoms with van der Waals surface area (Å²) in [5.41, 5.74) is 8.03. The van der Waals surface area contributed by atoms with Crippen LogP contribution in [0.1, 0.15) is 18.4 Å². The Morgan fingerprint density at radius 1 is 1.09 bits per heavy atom. The van der Waals surface area contributed by atoms with Gasteiger partial charge in [-0.3, -0.25) is 0 Å². The molecule has 172 valence electrons. The van der Waals surface area contributed by atoms with Gasteiger partial charge < -0.3 is 20.1 Å². The van der Waals surface area contributed by atoms with Gasteiger partial charge in [-0.15, -0.1) is 13.2 Å². The van der Waals surface area contributed by atoms with Crippen molar-refractivity contribution in [2.24, 2.45) is 5.73 Å². The molecular formula is C24H23F3N4O2. The second-order valence-electron chi connectivity index (χ2n) is 7.74. The lowest BCUT2D eigenvalue weighted by molar-refractivity contribution is -0.274. The van der Waals surface area contributed by atoms with Gasteiger partial charge in [0.25, 0.3) is 0 Å². The molecule has 0 unspecified atom stereocenters. The molecule has 1 fully saturated rings. The number of ether oxygens (including phenoxy) is 2. The minimum atomic E-state index is -4.85. The van der Waals surface area contributed by atoms with E-state index in [4.69, 9.17) is 10.5 Å². The number of aryl methyl sites for hydroxylation is 1. The van der Waals surface area contributed by atoms with E-state index in [2.05, 4.69) is 21.3 Å². The molecular weight excluding hydrogens is 433 g/mol. The van der Waals surface area contributed by atoms with Crippen LogP contribution in [0.4, 0.5) is 24.7 Å². The molecule has 1 aliphatic rings. The zero-order chi connectivity index (χ0) is 23.6. The lowest BCUT2D eigenvalue weighted by atomic mass is 9.90. The summed E-state index contributed by atoms with van der Waals surface area (Å²) < 4.78 is 49.3. The van der Waals surface area contributed by atoms with E-state index in [0.29, 0.717) is 24.2 Å². The Morgan fingerprint density at radius 3 is 2.45 bits per heavy atom. The molecule has 4 rings (SSSR count). The van der Waals surface area contributed by atoms with Crippen LogP contribution in [0.25, 0.3) is 11.1 Å². The van der Waals surface area contributed by atoms with Gasteiger partial charge in [0, 0.05) is 35.3 Å². The molecule has 0 saturated heterocycles. The predicted octanol–water partition coefficient (Wildman–Crippen LogP) is 5.50. The van der Waals surface area contributed by atoms with E-state index in [1.54, 1.807) is 17.2 Å². The molecule has 1 aromatic heterocycles. The molecule has 2 aromatic carbocycles. The van der Waals surface area contributed by atoms with Gasteiger partial charge in [-0.05, 0) is 37.5 Å². The highest BCUT2D eigenvalue weighted by molar-refractivity contribution is 5.84. The summed E-state index contributed by atoms with van der Waals surface area (Å²) in [6.07, 6.45) is -0.599. The van der Waals surface area contributed by atoms with E-state index in [1.165, 1.54) is 24.4 Å². The minimum Gasteiger partial charge on any atom is -0.460 e. The van der Waals surface area contributed by atoms with Gasteiger partial charge >= 0.3 is 12.4 Å². The van der Waals surface area contributed by atoms with Crippen LogP contribution in [0, 0.1) is 6.92 Å². The average Bonchev–Trinajstić information content (AvgIpc) is 2.74. The molecule has 0 aliphatic heterocycles. The SMILES string of the molecule is C=CN(c1ccccc1C)c1nc(OC2CC(N)C2)ncc1-c1ccccc1OC(F)(F)F. The highest BCUT2D eigenvalue weighted by Crippen LogP contribution is 2.41. The first-order chi connectivity index (χ1) is 15.7. The fourth-order valence-electron chi connectivity index (χ4n) is 3.67. The van der Waals surface area contributed by atoms with Gasteiger partial charge in [0.05, 0.1) is 0 Å². The monoisotopic (exact) mass is 456 g/mol. The maximum atomic E-state index is 13.1. The Labute approximate surface area is 189 Å². The summed E-state index contributed by atoms with van der Waals surface area (Å²) in [4.78, 5) is 10.5. The van der Waals surface area contributed by atoms with Crippen LogP contribution in [-0.4, -0.2) is 28.5 Å². The van der Waals surface area contributed by atoms with Crippen LogP contribution in [0.3, 0.4) is 0 Å². The molecule has 6 nitrogen and oxygen atoms in total. The van der Waals surface area contributed by atoms with Crippen molar-refractivity contribution in [1.29, 1.82) is 0 Å². The fourth-order valence-corrected chi connectivity index (χ4v) is 3.67. The summed E-state index contributed by atoms with van der Waals surface area (Å²) in [6, 6.07) is 13.6. The largest absolute Gasteiger partial charge is 0.573 e. The summed E-state index contributed by atoms with van der Waals surface area (Å²) in [5, 5.41) is 0. The van der Waals surface area contributed by atoms with E-state index >= 15 is 0 Å². The van der Waals surface area contributed by atoms with Crippen LogP contribution in [0.2, 0.25) is 0 Å². The summed E-state index contributed by atoms with van der Waals surface area (Å²) in [7, 11) is 0. The highest BCUT2D eigenvalue weighted by Gasteiger charge is 2.33. The van der Waals surface area contributed by atoms with Crippen LogP contribution >= 0.6 is 0 Å². The number of hydrogen-bond acceptors (Lipinski definition) is 6. The van der Waals surface area contributed by atoms with Crippen LogP contribution < -0.4 is 20.1 Å². The lowest BCUT2D eigenvalue weighted by Crippen LogP contribution is -2.43. The van der Waals surface area contributed by atoms with Crippen molar-refractivity contribution in [3.8, 4) is 22.9 Å². The van der Waals surface area contributed by atoms with E-state index < -0.39 is 6.36 Å². The summed E-state index contributed by atoms with van der Waals surface area (Å²) >= 11 is 0. The molecule has 0 spiro atoms. The Kier molecular flexibility index (Phi) is 6.24. The zero-order valence-corrected chi connectivity index (χ0v) is 17.9. The van der Waals surface area contributed by atoms with E-state index in [9.17, 15) is 13.2 Å². The normalized spacial score (nSPS) is 17.7. The Balaban J connectivity index is 1.84. The van der Waals surface area contributed by atoms with Gasteiger partial charge in [0.15, 0.2) is 5.82 Å². The first-order valence-electron chi connectivity index (χ1n) is 10.4. The number of nitrogens with zero attached hydrogens (tertiary/aromatic N) is 3. The van der Waals surface area contributed by atoms with Crippen molar-refractivity contribution in [1.82, 2.24) is 9.97 Å². The highest BCUT2D eigenvalue weighted by atomic mass is 19.4. The van der Waals surface area contributed by atoms with Gasteiger partial charge in [-0.25, -0.2) is 4.98 Å². The van der Waals surface area contributed by atoms with Crippen molar-refractivity contribution in [3.63, 3.8) is 0 Å². The number of para-hydroxylation sites is 2. The van der Waals surface area contributed by atoms with Crippen LogP contribution in [0.15, 0.2) is 67.5 Å². The number of rotatable bonds is 7. The first-order valence-corrected chi connectivity index (χ1v) is 10.4. The van der Waals surface area contributed by atoms with Gasteiger partial charge in [0.2, 0.25) is 0 Å². The standard InChI is InChI=1S/C24H23F3N4O2/c1-3-31(20-10-6-4-8-15(20)2)22-19(14-29-23(30-22)32-17-12-16(28)13-17)18-9-5-7-11-21(18)33-24(25,26)27/h3-11,14,16-17H,1,12-13,28H2,2H3. The maximum absolute atomic E-state index is 13.1. The lowest BCUT2D eigenvalue weighted by Gasteiger charge is -2.32. The van der Waals surface area contributed by atoms with E-state index in [1.807, 2.05) is 31.2 Å². The maximum Gasteiger partial charge on any atom is 0.573 e. The third-order valence-corrected chi connectivity index (χ3v) is 5.34. The Morgan fingerprint density at radius 2 is 1.79 bits per heavy atom. The topological polar surface area (TPSA) is 73.5 Å². The molecule has 9 heteroatoms. The minimum absolute atomic E-state index is 0.0804. The average molecular weight is 456 g/mol. The van der Waals surface area contributed by atoms with Crippen molar-refractivity contribution in [3.05, 3.63) is 73.1 Å². The molecule has 33 heavy (non-hydrogen) atoms. The first kappa shape index (κ1) is 22.6. The molecule has 0 bridgehead atoms. The van der Waals surface area contributed by atoms with Gasteiger partial charge in [-0.1, -0.05) is 43.0 Å². The number of benzene rings is 2. The second-order valence-corrected chi connectivity index (χ2v) is 7.74. The van der Waals surface area contributed by atoms with Crippen molar-refractivity contribution in [2.45, 2.75) is 38.3 Å². The Bertz CT molecular complexity index is 1150. The zero-order valence-electron chi connectivity index (χ0n) is 17.9. The molecule has 1 aliphatic carbocycles. The van der Waals surface area contributed by atoms with Crippen molar-refractivity contribution < 1.29 is 22.6 Å². The molecule has 3 aromatic rings. The number of alkyl halides is 3. The quantitative estimate of drug-likeness (QED) is 0.506. The molecule has 0 amide bonds. The van der Waals surface area contributed by atoms with Crippen molar-refractivity contribution >= 4 is 11.5 Å². The number of hydrogen-bond donors (Lipinski definition) is 1. The summed E-state index contributed by atoms with van der Waals surface area (Å²) in [6.45, 7) is 5.81. The third-order valence-electron chi connectivity index (χ3n) is 5.34. The molecule has 1 heterocycles. The summed E-state index contributed by atoms with van der Waals surface area (Å²) in [5.74, 6) is -0.0478. The van der Waals surface area contributed by atoms with E-state index in [-0.39, 0.29) is 29.5 Å². The van der Waals surface area contributed by atoms with Gasteiger partial charge in [-0.2, -0.15) is 4.98 Å². The predicted molar refractivity (Wildman–Crippen MR) is 119 cm³/mol. The van der Waals surface area contributed by atoms with Crippen LogP contribution in [0.5, 0.6) is 11.8 Å². The number of nitrogens with two attached hydrogens (primary N) is 1. The number of aromatic nitrogens is 2. The van der Waals surface area contributed by atoms with Crippen molar-refractivity contribution in [2.75, 3.05) is 4.90 Å². The molecule has 0 atom stereocenters. The fraction of sp³-hybridized carbons (Fsp3) is 0.250. The molecule has 1 saturated carbocycles. The Hall–Kier alpha value is -3.59. The molecule has 0 radical (unpaired) electrons. The van der Waals surface area contributed by atoms with Crippen LogP contribution in [-0.2, 0) is 0 Å². The number of anilines is 2. The smallest absolute Gasteiger partial charge is 0.460 e.